The molecule has 156 valence electrons. The molecule has 4 aromatic heterocycles. The summed E-state index contributed by atoms with van der Waals surface area (Å²) < 4.78 is 14.0. The minimum atomic E-state index is -0.783. The molecule has 10 nitrogen and oxygen atoms in total. The van der Waals surface area contributed by atoms with Crippen molar-refractivity contribution in [3.8, 4) is 11.6 Å². The number of fused-ring (bicyclic) bond motifs is 3. The van der Waals surface area contributed by atoms with Crippen molar-refractivity contribution in [1.82, 2.24) is 29.4 Å². The van der Waals surface area contributed by atoms with E-state index < -0.39 is 12.0 Å². The van der Waals surface area contributed by atoms with Crippen LogP contribution in [0.15, 0.2) is 59.3 Å². The number of aromatic nitrogens is 6. The summed E-state index contributed by atoms with van der Waals surface area (Å²) in [5, 5.41) is 12.9. The van der Waals surface area contributed by atoms with Crippen molar-refractivity contribution in [3.05, 3.63) is 60.5 Å². The lowest BCUT2D eigenvalue weighted by molar-refractivity contribution is -0.144. The summed E-state index contributed by atoms with van der Waals surface area (Å²) >= 11 is 0. The highest BCUT2D eigenvalue weighted by Crippen LogP contribution is 2.26. The molecule has 0 fully saturated rings. The number of benzene rings is 1. The smallest absolute Gasteiger partial charge is 0.333 e. The molecule has 0 aliphatic rings. The van der Waals surface area contributed by atoms with Gasteiger partial charge in [-0.3, -0.25) is 4.68 Å². The monoisotopic (exact) mass is 417 g/mol. The van der Waals surface area contributed by atoms with Crippen LogP contribution in [0, 0.1) is 0 Å². The topological polar surface area (TPSA) is 112 Å². The van der Waals surface area contributed by atoms with Gasteiger partial charge in [0, 0.05) is 13.2 Å². The number of ether oxygens (including phenoxy) is 1. The quantitative estimate of drug-likeness (QED) is 0.420. The van der Waals surface area contributed by atoms with Crippen molar-refractivity contribution in [3.63, 3.8) is 0 Å². The fourth-order valence-corrected chi connectivity index (χ4v) is 3.38. The molecule has 5 aromatic rings. The average Bonchev–Trinajstić information content (AvgIpc) is 3.51. The third-order valence-electron chi connectivity index (χ3n) is 4.74. The first-order chi connectivity index (χ1) is 15.1. The van der Waals surface area contributed by atoms with Crippen molar-refractivity contribution in [2.45, 2.75) is 13.0 Å². The average molecular weight is 417 g/mol. The second-order valence-corrected chi connectivity index (χ2v) is 6.86. The Morgan fingerprint density at radius 3 is 2.74 bits per heavy atom. The molecule has 0 saturated carbocycles. The predicted octanol–water partition coefficient (Wildman–Crippen LogP) is 2.99. The Morgan fingerprint density at radius 2 is 2.00 bits per heavy atom. The van der Waals surface area contributed by atoms with E-state index in [9.17, 15) is 4.79 Å². The van der Waals surface area contributed by atoms with E-state index in [2.05, 4.69) is 25.5 Å². The van der Waals surface area contributed by atoms with Crippen LogP contribution in [0.3, 0.4) is 0 Å². The van der Waals surface area contributed by atoms with E-state index in [4.69, 9.17) is 9.15 Å². The highest BCUT2D eigenvalue weighted by molar-refractivity contribution is 5.90. The fourth-order valence-electron chi connectivity index (χ4n) is 3.38. The first-order valence-corrected chi connectivity index (χ1v) is 9.76. The molecule has 0 bridgehead atoms. The molecule has 1 atom stereocenters. The van der Waals surface area contributed by atoms with E-state index in [-0.39, 0.29) is 6.61 Å². The van der Waals surface area contributed by atoms with Crippen LogP contribution in [0.5, 0.6) is 0 Å². The van der Waals surface area contributed by atoms with E-state index in [1.54, 1.807) is 41.6 Å². The van der Waals surface area contributed by atoms with Crippen LogP contribution >= 0.6 is 0 Å². The number of hydrogen-bond donors (Lipinski definition) is 1. The maximum absolute atomic E-state index is 12.8. The SMILES string of the molecule is CCOC(=O)C(Nc1nc2nn(C)cc2c2nc(-c3ccco3)nn12)c1ccccc1. The molecular formula is C21H19N7O3. The minimum Gasteiger partial charge on any atom is -0.464 e. The molecule has 0 spiro atoms. The van der Waals surface area contributed by atoms with Gasteiger partial charge in [0.25, 0.3) is 0 Å². The Hall–Kier alpha value is -4.21. The minimum absolute atomic E-state index is 0.262. The zero-order valence-corrected chi connectivity index (χ0v) is 16.9. The number of esters is 1. The molecule has 0 radical (unpaired) electrons. The molecule has 10 heteroatoms. The summed E-state index contributed by atoms with van der Waals surface area (Å²) in [7, 11) is 1.81. The van der Waals surface area contributed by atoms with Crippen LogP contribution in [0.2, 0.25) is 0 Å². The number of furan rings is 1. The molecule has 0 saturated heterocycles. The lowest BCUT2D eigenvalue weighted by Gasteiger charge is -2.18. The van der Waals surface area contributed by atoms with Gasteiger partial charge < -0.3 is 14.5 Å². The highest BCUT2D eigenvalue weighted by atomic mass is 16.5. The Labute approximate surface area is 176 Å². The van der Waals surface area contributed by atoms with Crippen molar-refractivity contribution >= 4 is 28.6 Å². The van der Waals surface area contributed by atoms with Crippen LogP contribution in [0.4, 0.5) is 5.95 Å². The van der Waals surface area contributed by atoms with Crippen LogP contribution in [-0.2, 0) is 16.6 Å². The third-order valence-corrected chi connectivity index (χ3v) is 4.74. The van der Waals surface area contributed by atoms with Crippen LogP contribution in [-0.4, -0.2) is 41.9 Å². The zero-order valence-electron chi connectivity index (χ0n) is 16.9. The first kappa shape index (κ1) is 18.8. The van der Waals surface area contributed by atoms with Gasteiger partial charge in [-0.2, -0.15) is 14.6 Å². The Morgan fingerprint density at radius 1 is 1.16 bits per heavy atom. The van der Waals surface area contributed by atoms with Gasteiger partial charge in [0.2, 0.25) is 11.8 Å². The highest BCUT2D eigenvalue weighted by Gasteiger charge is 2.25. The number of nitrogens with one attached hydrogen (secondary N) is 1. The number of carbonyl (C=O) groups is 1. The molecule has 1 N–H and O–H groups in total. The first-order valence-electron chi connectivity index (χ1n) is 9.76. The summed E-state index contributed by atoms with van der Waals surface area (Å²) in [6, 6.07) is 12.1. The second-order valence-electron chi connectivity index (χ2n) is 6.86. The second kappa shape index (κ2) is 7.56. The normalized spacial score (nSPS) is 12.3. The zero-order chi connectivity index (χ0) is 21.4. The molecule has 1 unspecified atom stereocenters. The van der Waals surface area contributed by atoms with E-state index >= 15 is 0 Å². The molecule has 1 aromatic carbocycles. The van der Waals surface area contributed by atoms with Crippen molar-refractivity contribution in [2.24, 2.45) is 7.05 Å². The standard InChI is InChI=1S/C21H19N7O3/c1-3-30-20(29)16(13-8-5-4-6-9-13)22-21-24-17-14(12-27(2)25-17)19-23-18(26-28(19)21)15-10-7-11-31-15/h4-12,16H,3H2,1-2H3,(H,22,24,25). The molecule has 0 aliphatic carbocycles. The van der Waals surface area contributed by atoms with E-state index in [0.29, 0.717) is 28.8 Å². The van der Waals surface area contributed by atoms with Gasteiger partial charge in [-0.25, -0.2) is 9.78 Å². The van der Waals surface area contributed by atoms with Gasteiger partial charge in [0.1, 0.15) is 0 Å². The summed E-state index contributed by atoms with van der Waals surface area (Å²) in [6.45, 7) is 2.03. The van der Waals surface area contributed by atoms with Crippen LogP contribution in [0.25, 0.3) is 28.3 Å². The number of hydrogen-bond acceptors (Lipinski definition) is 8. The van der Waals surface area contributed by atoms with E-state index in [0.717, 1.165) is 10.9 Å². The largest absolute Gasteiger partial charge is 0.464 e. The van der Waals surface area contributed by atoms with Gasteiger partial charge >= 0.3 is 5.97 Å². The number of anilines is 1. The lowest BCUT2D eigenvalue weighted by Crippen LogP contribution is -2.25. The molecule has 0 aliphatic heterocycles. The maximum atomic E-state index is 12.8. The molecule has 31 heavy (non-hydrogen) atoms. The number of rotatable bonds is 6. The molecule has 0 amide bonds. The number of nitrogens with zero attached hydrogens (tertiary/aromatic N) is 6. The Balaban J connectivity index is 1.67. The number of carbonyl (C=O) groups excluding carboxylic acids is 1. The van der Waals surface area contributed by atoms with Gasteiger partial charge in [-0.05, 0) is 24.6 Å². The van der Waals surface area contributed by atoms with Gasteiger partial charge in [0.15, 0.2) is 23.1 Å². The fraction of sp³-hybridized carbons (Fsp3) is 0.190. The van der Waals surface area contributed by atoms with E-state index in [1.165, 1.54) is 0 Å². The summed E-state index contributed by atoms with van der Waals surface area (Å²) in [5.74, 6) is 0.819. The van der Waals surface area contributed by atoms with Crippen molar-refractivity contribution in [1.29, 1.82) is 0 Å². The lowest BCUT2D eigenvalue weighted by atomic mass is 10.1. The predicted molar refractivity (Wildman–Crippen MR) is 112 cm³/mol. The van der Waals surface area contributed by atoms with Crippen molar-refractivity contribution < 1.29 is 13.9 Å². The Bertz CT molecular complexity index is 1360. The van der Waals surface area contributed by atoms with Gasteiger partial charge in [-0.1, -0.05) is 30.3 Å². The van der Waals surface area contributed by atoms with Crippen LogP contribution in [0.1, 0.15) is 18.5 Å². The van der Waals surface area contributed by atoms with Crippen LogP contribution < -0.4 is 5.32 Å². The Kier molecular flexibility index (Phi) is 4.58. The van der Waals surface area contributed by atoms with E-state index in [1.807, 2.05) is 36.5 Å². The van der Waals surface area contributed by atoms with Crippen molar-refractivity contribution in [2.75, 3.05) is 11.9 Å². The third kappa shape index (κ3) is 3.37. The molecule has 4 heterocycles. The number of aryl methyl sites for hydroxylation is 1. The summed E-state index contributed by atoms with van der Waals surface area (Å²) in [6.07, 6.45) is 3.38. The van der Waals surface area contributed by atoms with Gasteiger partial charge in [0.05, 0.1) is 18.3 Å². The summed E-state index contributed by atoms with van der Waals surface area (Å²) in [4.78, 5) is 22.0. The molecule has 5 rings (SSSR count). The molecular weight excluding hydrogens is 398 g/mol. The summed E-state index contributed by atoms with van der Waals surface area (Å²) in [5.41, 5.74) is 1.76. The maximum Gasteiger partial charge on any atom is 0.333 e. The van der Waals surface area contributed by atoms with Gasteiger partial charge in [-0.15, -0.1) is 5.10 Å².